The second kappa shape index (κ2) is 10.3. The summed E-state index contributed by atoms with van der Waals surface area (Å²) in [7, 11) is 1.64. The van der Waals surface area contributed by atoms with Gasteiger partial charge >= 0.3 is 0 Å². The van der Waals surface area contributed by atoms with E-state index in [-0.39, 0.29) is 12.1 Å². The van der Waals surface area contributed by atoms with Crippen molar-refractivity contribution in [2.24, 2.45) is 0 Å². The molecule has 34 heavy (non-hydrogen) atoms. The Morgan fingerprint density at radius 3 is 2.56 bits per heavy atom. The van der Waals surface area contributed by atoms with Crippen molar-refractivity contribution in [1.82, 2.24) is 14.9 Å². The molecule has 180 valence electrons. The van der Waals surface area contributed by atoms with Gasteiger partial charge in [0.1, 0.15) is 12.4 Å². The number of nitrogens with one attached hydrogen (secondary N) is 1. The summed E-state index contributed by atoms with van der Waals surface area (Å²) in [6, 6.07) is 14.2. The molecule has 0 spiro atoms. The van der Waals surface area contributed by atoms with Gasteiger partial charge in [0.15, 0.2) is 5.11 Å². The standard InChI is InChI=1S/C26H31ClN4O2S/c1-16(2)30-17(3)14-20(18(30)4)25-24(22-8-6-7-11-28-22)29-26(34)31(25)19-9-10-23(21(27)15-19)33-13-12-32-5/h6-11,14-16,24-25H,12-13H2,1-5H3,(H,29,34). The van der Waals surface area contributed by atoms with Crippen LogP contribution in [0.2, 0.25) is 5.02 Å². The van der Waals surface area contributed by atoms with Crippen LogP contribution in [-0.4, -0.2) is 35.0 Å². The number of aromatic nitrogens is 2. The maximum atomic E-state index is 6.61. The molecule has 1 saturated heterocycles. The molecule has 1 aliphatic rings. The molecule has 8 heteroatoms. The summed E-state index contributed by atoms with van der Waals surface area (Å²) < 4.78 is 13.2. The van der Waals surface area contributed by atoms with E-state index in [1.807, 2.05) is 42.6 Å². The van der Waals surface area contributed by atoms with Crippen molar-refractivity contribution in [3.05, 3.63) is 76.3 Å². The second-order valence-electron chi connectivity index (χ2n) is 8.74. The number of benzene rings is 1. The van der Waals surface area contributed by atoms with Crippen molar-refractivity contribution in [2.75, 3.05) is 25.2 Å². The monoisotopic (exact) mass is 498 g/mol. The lowest BCUT2D eigenvalue weighted by Gasteiger charge is -2.29. The minimum Gasteiger partial charge on any atom is -0.490 e. The van der Waals surface area contributed by atoms with Crippen LogP contribution in [0.15, 0.2) is 48.7 Å². The lowest BCUT2D eigenvalue weighted by Crippen LogP contribution is -2.29. The van der Waals surface area contributed by atoms with Crippen LogP contribution in [0.5, 0.6) is 5.75 Å². The van der Waals surface area contributed by atoms with E-state index in [9.17, 15) is 0 Å². The minimum absolute atomic E-state index is 0.0857. The van der Waals surface area contributed by atoms with E-state index in [1.54, 1.807) is 7.11 Å². The highest BCUT2D eigenvalue weighted by Gasteiger charge is 2.42. The Morgan fingerprint density at radius 2 is 1.94 bits per heavy atom. The summed E-state index contributed by atoms with van der Waals surface area (Å²) in [5, 5.41) is 4.69. The molecular weight excluding hydrogens is 468 g/mol. The number of halogens is 1. The fourth-order valence-corrected chi connectivity index (χ4v) is 5.41. The molecule has 0 radical (unpaired) electrons. The molecule has 0 aliphatic carbocycles. The molecule has 0 amide bonds. The fourth-order valence-electron chi connectivity index (χ4n) is 4.84. The van der Waals surface area contributed by atoms with Crippen LogP contribution >= 0.6 is 23.8 Å². The number of hydrogen-bond acceptors (Lipinski definition) is 4. The zero-order valence-corrected chi connectivity index (χ0v) is 21.8. The van der Waals surface area contributed by atoms with Crippen molar-refractivity contribution < 1.29 is 9.47 Å². The minimum atomic E-state index is -0.105. The molecule has 0 bridgehead atoms. The Hall–Kier alpha value is -2.61. The van der Waals surface area contributed by atoms with Crippen molar-refractivity contribution in [1.29, 1.82) is 0 Å². The largest absolute Gasteiger partial charge is 0.490 e. The van der Waals surface area contributed by atoms with Gasteiger partial charge in [0.25, 0.3) is 0 Å². The number of nitrogens with zero attached hydrogens (tertiary/aromatic N) is 3. The average molecular weight is 499 g/mol. The molecule has 1 N–H and O–H groups in total. The van der Waals surface area contributed by atoms with Crippen LogP contribution in [0.1, 0.15) is 54.6 Å². The predicted octanol–water partition coefficient (Wildman–Crippen LogP) is 5.94. The molecule has 4 rings (SSSR count). The summed E-state index contributed by atoms with van der Waals surface area (Å²) in [6.07, 6.45) is 1.82. The first-order valence-electron chi connectivity index (χ1n) is 11.4. The second-order valence-corrected chi connectivity index (χ2v) is 9.54. The van der Waals surface area contributed by atoms with Crippen LogP contribution in [0.4, 0.5) is 5.69 Å². The van der Waals surface area contributed by atoms with Gasteiger partial charge in [-0.05, 0) is 81.9 Å². The van der Waals surface area contributed by atoms with Crippen LogP contribution in [0.25, 0.3) is 0 Å². The predicted molar refractivity (Wildman–Crippen MR) is 141 cm³/mol. The molecule has 3 aromatic rings. The average Bonchev–Trinajstić information content (AvgIpc) is 3.30. The number of anilines is 1. The molecule has 1 fully saturated rings. The molecule has 2 atom stereocenters. The number of hydrogen-bond donors (Lipinski definition) is 1. The Morgan fingerprint density at radius 1 is 1.15 bits per heavy atom. The highest BCUT2D eigenvalue weighted by Crippen LogP contribution is 2.44. The van der Waals surface area contributed by atoms with Crippen LogP contribution < -0.4 is 15.0 Å². The van der Waals surface area contributed by atoms with E-state index in [0.717, 1.165) is 11.4 Å². The van der Waals surface area contributed by atoms with Crippen molar-refractivity contribution in [3.63, 3.8) is 0 Å². The van der Waals surface area contributed by atoms with Gasteiger partial charge in [-0.2, -0.15) is 0 Å². The Bertz CT molecular complexity index is 1170. The van der Waals surface area contributed by atoms with Gasteiger partial charge in [0.2, 0.25) is 0 Å². The van der Waals surface area contributed by atoms with Crippen LogP contribution in [-0.2, 0) is 4.74 Å². The summed E-state index contributed by atoms with van der Waals surface area (Å²) in [6.45, 7) is 9.68. The van der Waals surface area contributed by atoms with Gasteiger partial charge in [-0.3, -0.25) is 4.98 Å². The van der Waals surface area contributed by atoms with Crippen LogP contribution in [0.3, 0.4) is 0 Å². The van der Waals surface area contributed by atoms with Gasteiger partial charge in [0, 0.05) is 36.4 Å². The van der Waals surface area contributed by atoms with Gasteiger partial charge < -0.3 is 24.3 Å². The van der Waals surface area contributed by atoms with Crippen molar-refractivity contribution >= 4 is 34.6 Å². The van der Waals surface area contributed by atoms with Crippen molar-refractivity contribution in [3.8, 4) is 5.75 Å². The first-order valence-corrected chi connectivity index (χ1v) is 12.2. The highest BCUT2D eigenvalue weighted by atomic mass is 35.5. The van der Waals surface area contributed by atoms with E-state index >= 15 is 0 Å². The smallest absolute Gasteiger partial charge is 0.174 e. The zero-order chi connectivity index (χ0) is 24.4. The van der Waals surface area contributed by atoms with E-state index in [0.29, 0.717) is 35.1 Å². The molecule has 1 aromatic carbocycles. The normalized spacial score (nSPS) is 18.0. The van der Waals surface area contributed by atoms with Gasteiger partial charge in [-0.1, -0.05) is 17.7 Å². The van der Waals surface area contributed by atoms with Gasteiger partial charge in [-0.15, -0.1) is 0 Å². The molecular formula is C26H31ClN4O2S. The number of rotatable bonds is 8. The summed E-state index contributed by atoms with van der Waals surface area (Å²) in [5.74, 6) is 0.622. The fraction of sp³-hybridized carbons (Fsp3) is 0.385. The number of aryl methyl sites for hydroxylation is 1. The molecule has 3 heterocycles. The Labute approximate surface area is 211 Å². The summed E-state index contributed by atoms with van der Waals surface area (Å²) in [4.78, 5) is 6.80. The van der Waals surface area contributed by atoms with Gasteiger partial charge in [-0.25, -0.2) is 0 Å². The topological polar surface area (TPSA) is 51.6 Å². The lowest BCUT2D eigenvalue weighted by molar-refractivity contribution is 0.146. The first kappa shape index (κ1) is 24.5. The van der Waals surface area contributed by atoms with E-state index < -0.39 is 0 Å². The Balaban J connectivity index is 1.79. The van der Waals surface area contributed by atoms with Crippen LogP contribution in [0, 0.1) is 13.8 Å². The lowest BCUT2D eigenvalue weighted by atomic mass is 9.96. The number of thiocarbonyl (C=S) groups is 1. The summed E-state index contributed by atoms with van der Waals surface area (Å²) >= 11 is 12.5. The SMILES string of the molecule is COCCOc1ccc(N2C(=S)NC(c3ccccn3)C2c2cc(C)n(C(C)C)c2C)cc1Cl. The molecule has 2 unspecified atom stereocenters. The molecule has 2 aromatic heterocycles. The maximum Gasteiger partial charge on any atom is 0.174 e. The third-order valence-electron chi connectivity index (χ3n) is 6.20. The zero-order valence-electron chi connectivity index (χ0n) is 20.2. The van der Waals surface area contributed by atoms with Crippen molar-refractivity contribution in [2.45, 2.75) is 45.8 Å². The number of ether oxygens (including phenoxy) is 2. The maximum absolute atomic E-state index is 6.61. The third kappa shape index (κ3) is 4.65. The molecule has 1 aliphatic heterocycles. The van der Waals surface area contributed by atoms with E-state index in [1.165, 1.54) is 17.0 Å². The van der Waals surface area contributed by atoms with E-state index in [2.05, 4.69) is 53.5 Å². The Kier molecular flexibility index (Phi) is 7.45. The molecule has 6 nitrogen and oxygen atoms in total. The molecule has 0 saturated carbocycles. The quantitative estimate of drug-likeness (QED) is 0.306. The number of methoxy groups -OCH3 is 1. The summed E-state index contributed by atoms with van der Waals surface area (Å²) in [5.41, 5.74) is 5.50. The third-order valence-corrected chi connectivity index (χ3v) is 6.81. The van der Waals surface area contributed by atoms with E-state index in [4.69, 9.17) is 33.3 Å². The van der Waals surface area contributed by atoms with Gasteiger partial charge in [0.05, 0.1) is 29.4 Å². The number of pyridine rings is 1. The highest BCUT2D eigenvalue weighted by molar-refractivity contribution is 7.80. The first-order chi connectivity index (χ1) is 16.3.